The summed E-state index contributed by atoms with van der Waals surface area (Å²) in [5, 5.41) is 10.0. The number of carbonyl (C=O) groups is 4. The molecule has 10 nitrogen and oxygen atoms in total. The molecule has 1 aliphatic heterocycles. The summed E-state index contributed by atoms with van der Waals surface area (Å²) in [6, 6.07) is 0. The van der Waals surface area contributed by atoms with Crippen LogP contribution in [0.15, 0.2) is 0 Å². The highest BCUT2D eigenvalue weighted by Crippen LogP contribution is 2.28. The van der Waals surface area contributed by atoms with Gasteiger partial charge in [-0.05, 0) is 0 Å². The number of rotatable bonds is 5. The number of carbonyl (C=O) groups excluding carboxylic acids is 4. The van der Waals surface area contributed by atoms with Gasteiger partial charge in [0.2, 0.25) is 0 Å². The maximum atomic E-state index is 11.3. The van der Waals surface area contributed by atoms with E-state index in [1.807, 2.05) is 0 Å². The summed E-state index contributed by atoms with van der Waals surface area (Å²) in [5.74, 6) is -2.87. The quantitative estimate of drug-likeness (QED) is 0.490. The van der Waals surface area contributed by atoms with Crippen molar-refractivity contribution < 1.29 is 48.0 Å². The lowest BCUT2D eigenvalue weighted by atomic mass is 9.98. The number of hydrogen-bond donors (Lipinski definition) is 1. The zero-order chi connectivity index (χ0) is 18.4. The Kier molecular flexibility index (Phi) is 7.11. The topological polar surface area (TPSA) is 135 Å². The van der Waals surface area contributed by atoms with E-state index < -0.39 is 54.6 Å². The van der Waals surface area contributed by atoms with E-state index in [2.05, 4.69) is 0 Å². The van der Waals surface area contributed by atoms with Gasteiger partial charge in [-0.1, -0.05) is 0 Å². The molecule has 1 rings (SSSR count). The molecule has 0 bridgehead atoms. The Morgan fingerprint density at radius 3 is 1.71 bits per heavy atom. The summed E-state index contributed by atoms with van der Waals surface area (Å²) >= 11 is 0. The molecule has 1 heterocycles. The first-order valence-electron chi connectivity index (χ1n) is 7.10. The van der Waals surface area contributed by atoms with E-state index in [4.69, 9.17) is 23.7 Å². The molecule has 0 aromatic heterocycles. The summed E-state index contributed by atoms with van der Waals surface area (Å²) in [6.45, 7) is 4.09. The molecule has 0 amide bonds. The highest BCUT2D eigenvalue weighted by molar-refractivity contribution is 5.68. The Morgan fingerprint density at radius 1 is 0.792 bits per heavy atom. The summed E-state index contributed by atoms with van der Waals surface area (Å²) < 4.78 is 25.0. The molecule has 0 aromatic rings. The first kappa shape index (κ1) is 19.8. The lowest BCUT2D eigenvalue weighted by Gasteiger charge is -2.42. The minimum absolute atomic E-state index is 0.366. The van der Waals surface area contributed by atoms with E-state index in [0.29, 0.717) is 0 Å². The second-order valence-electron chi connectivity index (χ2n) is 5.09. The van der Waals surface area contributed by atoms with Crippen LogP contribution in [0, 0.1) is 0 Å². The highest BCUT2D eigenvalue weighted by atomic mass is 16.7. The second kappa shape index (κ2) is 8.60. The monoisotopic (exact) mass is 348 g/mol. The average molecular weight is 348 g/mol. The van der Waals surface area contributed by atoms with Crippen molar-refractivity contribution in [1.29, 1.82) is 0 Å². The number of aliphatic hydroxyl groups excluding tert-OH is 1. The fourth-order valence-electron chi connectivity index (χ4n) is 2.21. The van der Waals surface area contributed by atoms with Crippen molar-refractivity contribution in [2.75, 3.05) is 6.61 Å². The van der Waals surface area contributed by atoms with Gasteiger partial charge in [0.05, 0.1) is 0 Å². The van der Waals surface area contributed by atoms with Crippen LogP contribution in [0.2, 0.25) is 0 Å². The fraction of sp³-hybridized carbons (Fsp3) is 0.714. The molecule has 1 saturated heterocycles. The van der Waals surface area contributed by atoms with E-state index in [9.17, 15) is 24.3 Å². The largest absolute Gasteiger partial charge is 0.463 e. The Morgan fingerprint density at radius 2 is 1.25 bits per heavy atom. The van der Waals surface area contributed by atoms with Gasteiger partial charge in [0.15, 0.2) is 24.6 Å². The van der Waals surface area contributed by atoms with Crippen molar-refractivity contribution in [3.05, 3.63) is 0 Å². The van der Waals surface area contributed by atoms with Gasteiger partial charge in [0, 0.05) is 27.7 Å². The van der Waals surface area contributed by atoms with E-state index in [0.717, 1.165) is 27.7 Å². The molecule has 1 N–H and O–H groups in total. The normalized spacial score (nSPS) is 29.3. The summed E-state index contributed by atoms with van der Waals surface area (Å²) in [5.41, 5.74) is 0. The lowest BCUT2D eigenvalue weighted by Crippen LogP contribution is -2.62. The summed E-state index contributed by atoms with van der Waals surface area (Å²) in [7, 11) is 0. The zero-order valence-corrected chi connectivity index (χ0v) is 13.7. The molecule has 0 saturated carbocycles. The fourth-order valence-corrected chi connectivity index (χ4v) is 2.21. The standard InChI is InChI=1S/C14H20O10/c1-6(15)20-5-10-11(21-7(2)16)12(22-8(3)17)13(14(19)24-10)23-9(4)18/h10-14,19H,5H2,1-4H3/t10-,11+,12-,13-,14-/m0/s1. The molecule has 0 aliphatic carbocycles. The van der Waals surface area contributed by atoms with Crippen LogP contribution in [-0.2, 0) is 42.9 Å². The van der Waals surface area contributed by atoms with Crippen molar-refractivity contribution >= 4 is 23.9 Å². The van der Waals surface area contributed by atoms with Crippen LogP contribution in [0.1, 0.15) is 27.7 Å². The van der Waals surface area contributed by atoms with Crippen LogP contribution >= 0.6 is 0 Å². The third-order valence-corrected chi connectivity index (χ3v) is 2.97. The van der Waals surface area contributed by atoms with Crippen LogP contribution in [0.4, 0.5) is 0 Å². The van der Waals surface area contributed by atoms with Gasteiger partial charge in [0.25, 0.3) is 0 Å². The third kappa shape index (κ3) is 5.78. The van der Waals surface area contributed by atoms with Gasteiger partial charge in [0.1, 0.15) is 12.7 Å². The first-order valence-corrected chi connectivity index (χ1v) is 7.10. The Balaban J connectivity index is 3.11. The van der Waals surface area contributed by atoms with Gasteiger partial charge in [-0.25, -0.2) is 0 Å². The molecule has 0 radical (unpaired) electrons. The summed E-state index contributed by atoms with van der Waals surface area (Å²) in [6.07, 6.45) is -6.79. The predicted molar refractivity (Wildman–Crippen MR) is 74.2 cm³/mol. The van der Waals surface area contributed by atoms with Gasteiger partial charge in [-0.2, -0.15) is 0 Å². The molecule has 24 heavy (non-hydrogen) atoms. The molecular formula is C14H20O10. The van der Waals surface area contributed by atoms with E-state index in [1.54, 1.807) is 0 Å². The molecule has 136 valence electrons. The SMILES string of the molecule is CC(=O)OC[C@@H]1O[C@H](O)[C@@H](OC(C)=O)[C@@H](OC(C)=O)[C@@H]1OC(C)=O. The molecule has 5 atom stereocenters. The highest BCUT2D eigenvalue weighted by Gasteiger charge is 2.51. The molecule has 0 unspecified atom stereocenters. The molecule has 0 aromatic carbocycles. The molecule has 10 heteroatoms. The molecule has 1 aliphatic rings. The van der Waals surface area contributed by atoms with Crippen LogP contribution in [0.5, 0.6) is 0 Å². The van der Waals surface area contributed by atoms with Crippen molar-refractivity contribution in [2.24, 2.45) is 0 Å². The van der Waals surface area contributed by atoms with Crippen molar-refractivity contribution in [3.8, 4) is 0 Å². The Labute approximate surface area is 137 Å². The van der Waals surface area contributed by atoms with Crippen LogP contribution < -0.4 is 0 Å². The van der Waals surface area contributed by atoms with E-state index in [1.165, 1.54) is 0 Å². The Bertz CT molecular complexity index is 502. The average Bonchev–Trinajstić information content (AvgIpc) is 2.42. The van der Waals surface area contributed by atoms with Gasteiger partial charge >= 0.3 is 23.9 Å². The molecule has 1 fully saturated rings. The van der Waals surface area contributed by atoms with E-state index in [-0.39, 0.29) is 6.61 Å². The van der Waals surface area contributed by atoms with Crippen molar-refractivity contribution in [3.63, 3.8) is 0 Å². The Hall–Kier alpha value is -2.20. The van der Waals surface area contributed by atoms with Gasteiger partial charge in [-0.15, -0.1) is 0 Å². The van der Waals surface area contributed by atoms with Crippen LogP contribution in [0.3, 0.4) is 0 Å². The lowest BCUT2D eigenvalue weighted by molar-refractivity contribution is -0.296. The number of esters is 4. The maximum absolute atomic E-state index is 11.3. The minimum atomic E-state index is -1.68. The zero-order valence-electron chi connectivity index (χ0n) is 13.7. The number of aliphatic hydroxyl groups is 1. The minimum Gasteiger partial charge on any atom is -0.463 e. The molecule has 0 spiro atoms. The number of hydrogen-bond acceptors (Lipinski definition) is 10. The van der Waals surface area contributed by atoms with Crippen LogP contribution in [-0.4, -0.2) is 66.3 Å². The second-order valence-corrected chi connectivity index (χ2v) is 5.09. The molecular weight excluding hydrogens is 328 g/mol. The number of ether oxygens (including phenoxy) is 5. The van der Waals surface area contributed by atoms with Crippen molar-refractivity contribution in [2.45, 2.75) is 58.4 Å². The van der Waals surface area contributed by atoms with Gasteiger partial charge < -0.3 is 28.8 Å². The summed E-state index contributed by atoms with van der Waals surface area (Å²) in [4.78, 5) is 44.9. The first-order chi connectivity index (χ1) is 11.1. The van der Waals surface area contributed by atoms with E-state index >= 15 is 0 Å². The third-order valence-electron chi connectivity index (χ3n) is 2.97. The smallest absolute Gasteiger partial charge is 0.303 e. The predicted octanol–water partition coefficient (Wildman–Crippen LogP) is -0.938. The van der Waals surface area contributed by atoms with Crippen LogP contribution in [0.25, 0.3) is 0 Å². The maximum Gasteiger partial charge on any atom is 0.303 e. The van der Waals surface area contributed by atoms with Gasteiger partial charge in [-0.3, -0.25) is 19.2 Å². The van der Waals surface area contributed by atoms with Crippen molar-refractivity contribution in [1.82, 2.24) is 0 Å².